The van der Waals surface area contributed by atoms with Crippen LogP contribution in [-0.2, 0) is 9.59 Å². The molecule has 0 aliphatic carbocycles. The van der Waals surface area contributed by atoms with Gasteiger partial charge in [-0.15, -0.1) is 0 Å². The number of amides is 1. The van der Waals surface area contributed by atoms with Gasteiger partial charge in [-0.05, 0) is 73.9 Å². The van der Waals surface area contributed by atoms with Crippen molar-refractivity contribution >= 4 is 39.1 Å². The number of benzene rings is 3. The number of nitrogens with zero attached hydrogens (tertiary/aromatic N) is 1. The fourth-order valence-electron chi connectivity index (χ4n) is 4.08. The Kier molecular flexibility index (Phi) is 6.38. The van der Waals surface area contributed by atoms with Gasteiger partial charge in [-0.25, -0.2) is 0 Å². The fourth-order valence-corrected chi connectivity index (χ4v) is 4.33. The highest BCUT2D eigenvalue weighted by Crippen LogP contribution is 2.43. The fraction of sp³-hybridized carbons (Fsp3) is 0.185. The topological polar surface area (TPSA) is 66.8 Å². The number of carbonyl (C=O) groups excluding carboxylic acids is 2. The second kappa shape index (κ2) is 9.24. The maximum atomic E-state index is 13.3. The zero-order valence-corrected chi connectivity index (χ0v) is 20.2. The summed E-state index contributed by atoms with van der Waals surface area (Å²) in [6, 6.07) is 19.2. The van der Waals surface area contributed by atoms with Gasteiger partial charge in [0.25, 0.3) is 11.7 Å². The third-order valence-electron chi connectivity index (χ3n) is 5.64. The van der Waals surface area contributed by atoms with Crippen molar-refractivity contribution in [2.75, 3.05) is 11.5 Å². The Morgan fingerprint density at radius 2 is 1.79 bits per heavy atom. The number of ether oxygens (including phenoxy) is 1. The van der Waals surface area contributed by atoms with Crippen molar-refractivity contribution in [2.45, 2.75) is 26.8 Å². The van der Waals surface area contributed by atoms with Crippen LogP contribution < -0.4 is 9.64 Å². The summed E-state index contributed by atoms with van der Waals surface area (Å²) in [6.07, 6.45) is 0. The van der Waals surface area contributed by atoms with Gasteiger partial charge in [0.15, 0.2) is 0 Å². The summed E-state index contributed by atoms with van der Waals surface area (Å²) < 4.78 is 6.55. The summed E-state index contributed by atoms with van der Waals surface area (Å²) in [6.45, 7) is 6.20. The lowest BCUT2D eigenvalue weighted by Gasteiger charge is -2.26. The molecule has 0 radical (unpaired) electrons. The first-order valence-corrected chi connectivity index (χ1v) is 11.5. The molecule has 0 bridgehead atoms. The number of Topliss-reactive ketones (excluding diaryl/α,β-unsaturated/α-hetero) is 1. The van der Waals surface area contributed by atoms with E-state index in [1.54, 1.807) is 18.2 Å². The second-order valence-electron chi connectivity index (χ2n) is 7.98. The molecular weight excluding hydrogens is 482 g/mol. The predicted molar refractivity (Wildman–Crippen MR) is 132 cm³/mol. The molecule has 1 aliphatic rings. The number of carbonyl (C=O) groups is 2. The van der Waals surface area contributed by atoms with Crippen LogP contribution in [0.15, 0.2) is 76.8 Å². The Bertz CT molecular complexity index is 1280. The summed E-state index contributed by atoms with van der Waals surface area (Å²) in [7, 11) is 0. The first-order valence-electron chi connectivity index (χ1n) is 10.7. The molecule has 4 rings (SSSR count). The van der Waals surface area contributed by atoms with Gasteiger partial charge in [0.05, 0.1) is 18.2 Å². The summed E-state index contributed by atoms with van der Waals surface area (Å²) in [4.78, 5) is 28.0. The second-order valence-corrected chi connectivity index (χ2v) is 8.83. The quantitative estimate of drug-likeness (QED) is 0.258. The molecular formula is C27H24BrNO4. The van der Waals surface area contributed by atoms with Crippen LogP contribution in [0.25, 0.3) is 5.76 Å². The molecule has 6 heteroatoms. The molecule has 1 amide bonds. The van der Waals surface area contributed by atoms with E-state index < -0.39 is 17.7 Å². The summed E-state index contributed by atoms with van der Waals surface area (Å²) in [5.41, 5.74) is 3.66. The number of anilines is 1. The molecule has 168 valence electrons. The van der Waals surface area contributed by atoms with Crippen LogP contribution >= 0.6 is 15.9 Å². The normalized spacial score (nSPS) is 17.5. The predicted octanol–water partition coefficient (Wildman–Crippen LogP) is 6.09. The van der Waals surface area contributed by atoms with Gasteiger partial charge in [-0.1, -0.05) is 46.3 Å². The lowest BCUT2D eigenvalue weighted by molar-refractivity contribution is -0.132. The zero-order chi connectivity index (χ0) is 23.7. The molecule has 5 nitrogen and oxygen atoms in total. The highest BCUT2D eigenvalue weighted by Gasteiger charge is 2.47. The lowest BCUT2D eigenvalue weighted by Crippen LogP contribution is -2.29. The zero-order valence-electron chi connectivity index (χ0n) is 18.6. The molecule has 0 aromatic heterocycles. The van der Waals surface area contributed by atoms with Crippen LogP contribution in [0.1, 0.15) is 35.2 Å². The van der Waals surface area contributed by atoms with Gasteiger partial charge in [-0.3, -0.25) is 14.5 Å². The van der Waals surface area contributed by atoms with Crippen molar-refractivity contribution in [1.82, 2.24) is 0 Å². The largest absolute Gasteiger partial charge is 0.507 e. The maximum Gasteiger partial charge on any atom is 0.300 e. The van der Waals surface area contributed by atoms with Gasteiger partial charge in [0, 0.05) is 15.7 Å². The smallest absolute Gasteiger partial charge is 0.300 e. The molecule has 1 N–H and O–H groups in total. The lowest BCUT2D eigenvalue weighted by atomic mass is 9.94. The van der Waals surface area contributed by atoms with Crippen LogP contribution in [0.2, 0.25) is 0 Å². The molecule has 0 saturated carbocycles. The molecule has 1 atom stereocenters. The Morgan fingerprint density at radius 3 is 2.48 bits per heavy atom. The summed E-state index contributed by atoms with van der Waals surface area (Å²) in [5.74, 6) is -0.973. The molecule has 33 heavy (non-hydrogen) atoms. The first-order chi connectivity index (χ1) is 15.8. The van der Waals surface area contributed by atoms with Gasteiger partial charge in [0.2, 0.25) is 0 Å². The number of aliphatic hydroxyl groups is 1. The van der Waals surface area contributed by atoms with Crippen LogP contribution in [0.4, 0.5) is 5.69 Å². The average Bonchev–Trinajstić information content (AvgIpc) is 3.06. The number of aliphatic hydroxyl groups excluding tert-OH is 1. The van der Waals surface area contributed by atoms with Crippen molar-refractivity contribution in [2.24, 2.45) is 0 Å². The molecule has 3 aromatic rings. The highest BCUT2D eigenvalue weighted by molar-refractivity contribution is 9.10. The minimum Gasteiger partial charge on any atom is -0.507 e. The molecule has 1 fully saturated rings. The van der Waals surface area contributed by atoms with E-state index in [0.717, 1.165) is 15.6 Å². The third kappa shape index (κ3) is 4.31. The number of rotatable bonds is 5. The van der Waals surface area contributed by atoms with E-state index >= 15 is 0 Å². The van der Waals surface area contributed by atoms with Crippen molar-refractivity contribution in [1.29, 1.82) is 0 Å². The van der Waals surface area contributed by atoms with Crippen LogP contribution in [0.3, 0.4) is 0 Å². The SMILES string of the molecule is CCOc1cccc(C2/C(=C(/O)c3ccc(Br)c(C)c3)C(=O)C(=O)N2c2cccc(C)c2)c1. The van der Waals surface area contributed by atoms with Gasteiger partial charge in [0.1, 0.15) is 11.5 Å². The van der Waals surface area contributed by atoms with Crippen LogP contribution in [0, 0.1) is 13.8 Å². The number of hydrogen-bond acceptors (Lipinski definition) is 4. The Labute approximate surface area is 201 Å². The Hall–Kier alpha value is -3.38. The number of halogens is 1. The van der Waals surface area contributed by atoms with E-state index in [1.807, 2.05) is 69.3 Å². The van der Waals surface area contributed by atoms with Crippen LogP contribution in [0.5, 0.6) is 5.75 Å². The van der Waals surface area contributed by atoms with Crippen LogP contribution in [-0.4, -0.2) is 23.4 Å². The molecule has 1 aliphatic heterocycles. The van der Waals surface area contributed by atoms with Gasteiger partial charge >= 0.3 is 0 Å². The highest BCUT2D eigenvalue weighted by atomic mass is 79.9. The van der Waals surface area contributed by atoms with Gasteiger partial charge < -0.3 is 9.84 Å². The number of aryl methyl sites for hydroxylation is 2. The number of hydrogen-bond donors (Lipinski definition) is 1. The number of ketones is 1. The molecule has 1 heterocycles. The average molecular weight is 506 g/mol. The summed E-state index contributed by atoms with van der Waals surface area (Å²) in [5, 5.41) is 11.3. The van der Waals surface area contributed by atoms with Crippen molar-refractivity contribution in [3.8, 4) is 5.75 Å². The minimum absolute atomic E-state index is 0.0527. The maximum absolute atomic E-state index is 13.3. The molecule has 0 spiro atoms. The Balaban J connectivity index is 1.96. The van der Waals surface area contributed by atoms with E-state index in [2.05, 4.69) is 15.9 Å². The summed E-state index contributed by atoms with van der Waals surface area (Å²) >= 11 is 3.46. The van der Waals surface area contributed by atoms with Crippen molar-refractivity contribution in [3.63, 3.8) is 0 Å². The minimum atomic E-state index is -0.795. The molecule has 1 saturated heterocycles. The van der Waals surface area contributed by atoms with Gasteiger partial charge in [-0.2, -0.15) is 0 Å². The molecule has 1 unspecified atom stereocenters. The first kappa shape index (κ1) is 22.8. The van der Waals surface area contributed by atoms with E-state index in [-0.39, 0.29) is 11.3 Å². The van der Waals surface area contributed by atoms with Crippen molar-refractivity contribution in [3.05, 3.63) is 99.0 Å². The van der Waals surface area contributed by atoms with E-state index in [1.165, 1.54) is 4.90 Å². The standard InChI is InChI=1S/C27H24BrNO4/c1-4-33-21-10-6-8-18(15-21)24-23(25(30)19-11-12-22(28)17(3)14-19)26(31)27(32)29(24)20-9-5-7-16(2)13-20/h5-15,24,30H,4H2,1-3H3/b25-23-. The Morgan fingerprint density at radius 1 is 1.03 bits per heavy atom. The van der Waals surface area contributed by atoms with E-state index in [4.69, 9.17) is 4.74 Å². The van der Waals surface area contributed by atoms with E-state index in [0.29, 0.717) is 29.2 Å². The van der Waals surface area contributed by atoms with E-state index in [9.17, 15) is 14.7 Å². The third-order valence-corrected chi connectivity index (χ3v) is 6.53. The molecule has 3 aromatic carbocycles. The monoisotopic (exact) mass is 505 g/mol. The van der Waals surface area contributed by atoms with Crippen molar-refractivity contribution < 1.29 is 19.4 Å².